The molecule has 0 aromatic carbocycles. The third kappa shape index (κ3) is 2.34. The monoisotopic (exact) mass is 287 g/mol. The molecule has 0 amide bonds. The molecule has 3 nitrogen and oxygen atoms in total. The van der Waals surface area contributed by atoms with Crippen LogP contribution < -0.4 is 5.73 Å². The van der Waals surface area contributed by atoms with Gasteiger partial charge in [-0.05, 0) is 81.6 Å². The summed E-state index contributed by atoms with van der Waals surface area (Å²) in [6.07, 6.45) is 11.7. The van der Waals surface area contributed by atoms with E-state index in [9.17, 15) is 0 Å². The molecule has 116 valence electrons. The van der Waals surface area contributed by atoms with Crippen molar-refractivity contribution in [1.29, 1.82) is 0 Å². The smallest absolute Gasteiger partial charge is 0.0640 e. The maximum Gasteiger partial charge on any atom is 0.0640 e. The van der Waals surface area contributed by atoms with E-state index < -0.39 is 0 Å². The van der Waals surface area contributed by atoms with Crippen LogP contribution in [0.25, 0.3) is 0 Å². The summed E-state index contributed by atoms with van der Waals surface area (Å²) in [5.74, 6) is 2.95. The lowest BCUT2D eigenvalue weighted by Crippen LogP contribution is -2.55. The number of rotatable bonds is 4. The molecule has 0 spiro atoms. The van der Waals surface area contributed by atoms with Crippen molar-refractivity contribution in [2.45, 2.75) is 70.9 Å². The average Bonchev–Trinajstić information content (AvgIpc) is 2.85. The summed E-state index contributed by atoms with van der Waals surface area (Å²) in [4.78, 5) is 0. The molecule has 1 atom stereocenters. The van der Waals surface area contributed by atoms with Gasteiger partial charge in [0, 0.05) is 24.7 Å². The second kappa shape index (κ2) is 4.84. The van der Waals surface area contributed by atoms with Crippen molar-refractivity contribution >= 4 is 0 Å². The van der Waals surface area contributed by atoms with Gasteiger partial charge >= 0.3 is 0 Å². The van der Waals surface area contributed by atoms with Crippen LogP contribution in [0.3, 0.4) is 0 Å². The Balaban J connectivity index is 1.50. The Hall–Kier alpha value is -0.830. The summed E-state index contributed by atoms with van der Waals surface area (Å²) >= 11 is 0. The molecule has 4 aliphatic rings. The molecule has 4 aliphatic carbocycles. The highest BCUT2D eigenvalue weighted by atomic mass is 15.3. The zero-order valence-electron chi connectivity index (χ0n) is 13.5. The first-order chi connectivity index (χ1) is 10.0. The van der Waals surface area contributed by atoms with Gasteiger partial charge in [0.2, 0.25) is 0 Å². The quantitative estimate of drug-likeness (QED) is 0.920. The van der Waals surface area contributed by atoms with E-state index in [0.717, 1.165) is 24.2 Å². The highest BCUT2D eigenvalue weighted by Gasteiger charge is 2.53. The van der Waals surface area contributed by atoms with E-state index >= 15 is 0 Å². The molecule has 0 saturated heterocycles. The molecular formula is C18H29N3. The topological polar surface area (TPSA) is 43.8 Å². The van der Waals surface area contributed by atoms with Gasteiger partial charge in [-0.2, -0.15) is 5.10 Å². The standard InChI is InChI=1S/C18H29N3/c1-12(2)21-4-3-16(20-21)8-17(19)18-9-13-5-14(10-18)7-15(6-13)11-18/h3-4,12-15,17H,5-11,19H2,1-2H3. The van der Waals surface area contributed by atoms with Crippen LogP contribution in [0.15, 0.2) is 12.3 Å². The van der Waals surface area contributed by atoms with Crippen LogP contribution in [0.4, 0.5) is 0 Å². The predicted octanol–water partition coefficient (Wildman–Crippen LogP) is 3.55. The Labute approximate surface area is 128 Å². The van der Waals surface area contributed by atoms with E-state index in [1.54, 1.807) is 0 Å². The summed E-state index contributed by atoms with van der Waals surface area (Å²) < 4.78 is 2.06. The van der Waals surface area contributed by atoms with E-state index in [0.29, 0.717) is 17.5 Å². The van der Waals surface area contributed by atoms with Crippen molar-refractivity contribution in [1.82, 2.24) is 9.78 Å². The first-order valence-electron chi connectivity index (χ1n) is 8.84. The predicted molar refractivity (Wildman–Crippen MR) is 84.9 cm³/mol. The number of hydrogen-bond acceptors (Lipinski definition) is 2. The van der Waals surface area contributed by atoms with Crippen LogP contribution in [0.1, 0.15) is 64.1 Å². The van der Waals surface area contributed by atoms with E-state index in [2.05, 4.69) is 30.8 Å². The van der Waals surface area contributed by atoms with Crippen LogP contribution in [0, 0.1) is 23.2 Å². The van der Waals surface area contributed by atoms with Crippen LogP contribution >= 0.6 is 0 Å². The van der Waals surface area contributed by atoms with E-state index in [1.807, 2.05) is 0 Å². The highest BCUT2D eigenvalue weighted by molar-refractivity contribution is 5.10. The van der Waals surface area contributed by atoms with Gasteiger partial charge in [-0.3, -0.25) is 4.68 Å². The van der Waals surface area contributed by atoms with Gasteiger partial charge in [0.25, 0.3) is 0 Å². The Morgan fingerprint density at radius 2 is 1.76 bits per heavy atom. The van der Waals surface area contributed by atoms with E-state index in [-0.39, 0.29) is 0 Å². The first-order valence-corrected chi connectivity index (χ1v) is 8.84. The molecule has 4 fully saturated rings. The molecule has 1 unspecified atom stereocenters. The number of aromatic nitrogens is 2. The third-order valence-corrected chi connectivity index (χ3v) is 6.49. The summed E-state index contributed by atoms with van der Waals surface area (Å²) in [5.41, 5.74) is 8.37. The summed E-state index contributed by atoms with van der Waals surface area (Å²) in [7, 11) is 0. The molecule has 4 saturated carbocycles. The lowest BCUT2D eigenvalue weighted by Gasteiger charge is -2.59. The molecule has 0 aliphatic heterocycles. The molecule has 1 heterocycles. The fourth-order valence-electron chi connectivity index (χ4n) is 5.85. The summed E-state index contributed by atoms with van der Waals surface area (Å²) in [6.45, 7) is 4.35. The van der Waals surface area contributed by atoms with Crippen molar-refractivity contribution in [2.75, 3.05) is 0 Å². The van der Waals surface area contributed by atoms with Crippen LogP contribution in [-0.2, 0) is 6.42 Å². The van der Waals surface area contributed by atoms with E-state index in [4.69, 9.17) is 10.8 Å². The molecule has 1 aromatic heterocycles. The van der Waals surface area contributed by atoms with Gasteiger partial charge in [0.05, 0.1) is 5.69 Å². The highest BCUT2D eigenvalue weighted by Crippen LogP contribution is 2.61. The van der Waals surface area contributed by atoms with Gasteiger partial charge in [0.1, 0.15) is 0 Å². The maximum absolute atomic E-state index is 6.74. The molecule has 4 bridgehead atoms. The fraction of sp³-hybridized carbons (Fsp3) is 0.833. The Morgan fingerprint density at radius 1 is 1.19 bits per heavy atom. The zero-order chi connectivity index (χ0) is 14.6. The second-order valence-corrected chi connectivity index (χ2v) is 8.47. The number of nitrogens with zero attached hydrogens (tertiary/aromatic N) is 2. The summed E-state index contributed by atoms with van der Waals surface area (Å²) in [6, 6.07) is 2.91. The van der Waals surface area contributed by atoms with Crippen molar-refractivity contribution in [2.24, 2.45) is 28.9 Å². The minimum absolute atomic E-state index is 0.307. The Bertz CT molecular complexity index is 481. The first kappa shape index (κ1) is 13.8. The molecule has 5 rings (SSSR count). The average molecular weight is 287 g/mol. The Morgan fingerprint density at radius 3 is 2.24 bits per heavy atom. The third-order valence-electron chi connectivity index (χ3n) is 6.49. The van der Waals surface area contributed by atoms with Crippen LogP contribution in [0.2, 0.25) is 0 Å². The van der Waals surface area contributed by atoms with Crippen molar-refractivity contribution in [3.05, 3.63) is 18.0 Å². The lowest BCUT2D eigenvalue weighted by atomic mass is 9.47. The maximum atomic E-state index is 6.74. The van der Waals surface area contributed by atoms with Gasteiger partial charge in [0.15, 0.2) is 0 Å². The molecule has 0 radical (unpaired) electrons. The molecule has 3 heteroatoms. The zero-order valence-corrected chi connectivity index (χ0v) is 13.5. The van der Waals surface area contributed by atoms with Crippen molar-refractivity contribution < 1.29 is 0 Å². The largest absolute Gasteiger partial charge is 0.327 e. The van der Waals surface area contributed by atoms with Gasteiger partial charge in [-0.15, -0.1) is 0 Å². The number of hydrogen-bond donors (Lipinski definition) is 1. The molecule has 21 heavy (non-hydrogen) atoms. The fourth-order valence-corrected chi connectivity index (χ4v) is 5.85. The van der Waals surface area contributed by atoms with Gasteiger partial charge in [-0.1, -0.05) is 0 Å². The van der Waals surface area contributed by atoms with Crippen LogP contribution in [-0.4, -0.2) is 15.8 Å². The lowest BCUT2D eigenvalue weighted by molar-refractivity contribution is -0.0669. The van der Waals surface area contributed by atoms with E-state index in [1.165, 1.54) is 44.2 Å². The van der Waals surface area contributed by atoms with Crippen molar-refractivity contribution in [3.63, 3.8) is 0 Å². The molecular weight excluding hydrogens is 258 g/mol. The Kier molecular flexibility index (Phi) is 3.18. The van der Waals surface area contributed by atoms with Gasteiger partial charge in [-0.25, -0.2) is 0 Å². The summed E-state index contributed by atoms with van der Waals surface area (Å²) in [5, 5.41) is 4.71. The van der Waals surface area contributed by atoms with Crippen molar-refractivity contribution in [3.8, 4) is 0 Å². The molecule has 2 N–H and O–H groups in total. The van der Waals surface area contributed by atoms with Gasteiger partial charge < -0.3 is 5.73 Å². The number of nitrogens with two attached hydrogens (primary N) is 1. The minimum atomic E-state index is 0.307. The molecule has 1 aromatic rings. The second-order valence-electron chi connectivity index (χ2n) is 8.47. The SMILES string of the molecule is CC(C)n1ccc(CC(N)C23CC4CC(CC(C4)C2)C3)n1. The van der Waals surface area contributed by atoms with Crippen LogP contribution in [0.5, 0.6) is 0 Å². The normalized spacial score (nSPS) is 39.1. The minimum Gasteiger partial charge on any atom is -0.327 e.